The molecule has 116 valence electrons. The third kappa shape index (κ3) is 8.34. The van der Waals surface area contributed by atoms with Crippen LogP contribution in [0.5, 0.6) is 0 Å². The van der Waals surface area contributed by atoms with E-state index in [1.54, 1.807) is 13.8 Å². The summed E-state index contributed by atoms with van der Waals surface area (Å²) in [5, 5.41) is 13.8. The zero-order chi connectivity index (χ0) is 15.7. The molecule has 0 aromatic carbocycles. The van der Waals surface area contributed by atoms with Gasteiger partial charge >= 0.3 is 12.0 Å². The number of hydrogen-bond acceptors (Lipinski definition) is 3. The van der Waals surface area contributed by atoms with E-state index in [1.807, 2.05) is 13.8 Å². The van der Waals surface area contributed by atoms with Crippen LogP contribution in [0.25, 0.3) is 0 Å². The number of rotatable bonds is 8. The third-order valence-corrected chi connectivity index (χ3v) is 2.56. The van der Waals surface area contributed by atoms with Gasteiger partial charge in [0.15, 0.2) is 0 Å². The van der Waals surface area contributed by atoms with Gasteiger partial charge < -0.3 is 20.6 Å². The number of hydrogen-bond donors (Lipinski definition) is 3. The third-order valence-electron chi connectivity index (χ3n) is 2.56. The van der Waals surface area contributed by atoms with Crippen molar-refractivity contribution in [1.29, 1.82) is 0 Å². The average molecular weight is 287 g/mol. The molecule has 3 amide bonds. The van der Waals surface area contributed by atoms with E-state index >= 15 is 0 Å². The Bertz CT molecular complexity index is 343. The number of urea groups is 1. The van der Waals surface area contributed by atoms with Crippen molar-refractivity contribution >= 4 is 17.9 Å². The van der Waals surface area contributed by atoms with Gasteiger partial charge in [-0.3, -0.25) is 9.59 Å². The first kappa shape index (κ1) is 18.2. The Labute approximate surface area is 119 Å². The van der Waals surface area contributed by atoms with Gasteiger partial charge in [0.25, 0.3) is 0 Å². The van der Waals surface area contributed by atoms with E-state index < -0.39 is 12.0 Å². The van der Waals surface area contributed by atoms with E-state index in [9.17, 15) is 14.4 Å². The van der Waals surface area contributed by atoms with Crippen LogP contribution in [0.1, 0.15) is 34.1 Å². The summed E-state index contributed by atoms with van der Waals surface area (Å²) in [5.41, 5.74) is 0. The highest BCUT2D eigenvalue weighted by atomic mass is 16.4. The monoisotopic (exact) mass is 287 g/mol. The molecule has 0 aliphatic heterocycles. The molecule has 0 atom stereocenters. The SMILES string of the molecule is CC(C)CNC(=O)CNC(=O)N(CCC(=O)O)C(C)C. The highest BCUT2D eigenvalue weighted by molar-refractivity contribution is 5.84. The van der Waals surface area contributed by atoms with Crippen LogP contribution in [0.2, 0.25) is 0 Å². The van der Waals surface area contributed by atoms with E-state index in [0.29, 0.717) is 12.5 Å². The first-order valence-corrected chi connectivity index (χ1v) is 6.77. The zero-order valence-electron chi connectivity index (χ0n) is 12.6. The highest BCUT2D eigenvalue weighted by Crippen LogP contribution is 2.00. The lowest BCUT2D eigenvalue weighted by Gasteiger charge is -2.26. The molecule has 0 heterocycles. The molecule has 0 radical (unpaired) electrons. The van der Waals surface area contributed by atoms with Gasteiger partial charge in [0.05, 0.1) is 13.0 Å². The molecule has 0 spiro atoms. The van der Waals surface area contributed by atoms with Gasteiger partial charge in [-0.2, -0.15) is 0 Å². The van der Waals surface area contributed by atoms with E-state index in [1.165, 1.54) is 4.90 Å². The van der Waals surface area contributed by atoms with Gasteiger partial charge in [-0.1, -0.05) is 13.8 Å². The van der Waals surface area contributed by atoms with Gasteiger partial charge in [0.1, 0.15) is 0 Å². The van der Waals surface area contributed by atoms with Gasteiger partial charge in [-0.25, -0.2) is 4.79 Å². The van der Waals surface area contributed by atoms with E-state index in [0.717, 1.165) is 0 Å². The molecule has 0 saturated carbocycles. The summed E-state index contributed by atoms with van der Waals surface area (Å²) < 4.78 is 0. The zero-order valence-corrected chi connectivity index (χ0v) is 12.6. The lowest BCUT2D eigenvalue weighted by atomic mass is 10.2. The number of carbonyl (C=O) groups is 3. The fourth-order valence-corrected chi connectivity index (χ4v) is 1.45. The molecule has 0 unspecified atom stereocenters. The van der Waals surface area contributed by atoms with Crippen molar-refractivity contribution in [1.82, 2.24) is 15.5 Å². The van der Waals surface area contributed by atoms with Crippen LogP contribution in [-0.2, 0) is 9.59 Å². The minimum atomic E-state index is -0.960. The first-order valence-electron chi connectivity index (χ1n) is 6.77. The predicted molar refractivity (Wildman–Crippen MR) is 75.3 cm³/mol. The molecule has 7 heteroatoms. The molecule has 0 fully saturated rings. The smallest absolute Gasteiger partial charge is 0.318 e. The second-order valence-electron chi connectivity index (χ2n) is 5.29. The van der Waals surface area contributed by atoms with Crippen LogP contribution in [0.4, 0.5) is 4.79 Å². The number of carbonyl (C=O) groups excluding carboxylic acids is 2. The van der Waals surface area contributed by atoms with Crippen molar-refractivity contribution in [2.24, 2.45) is 5.92 Å². The number of amides is 3. The summed E-state index contributed by atoms with van der Waals surface area (Å²) in [7, 11) is 0. The summed E-state index contributed by atoms with van der Waals surface area (Å²) in [6.45, 7) is 8.10. The Balaban J connectivity index is 4.19. The van der Waals surface area contributed by atoms with Crippen LogP contribution in [0.3, 0.4) is 0 Å². The number of nitrogens with one attached hydrogen (secondary N) is 2. The Hall–Kier alpha value is -1.79. The average Bonchev–Trinajstić information content (AvgIpc) is 2.33. The molecule has 0 rings (SSSR count). The predicted octanol–water partition coefficient (Wildman–Crippen LogP) is 0.653. The summed E-state index contributed by atoms with van der Waals surface area (Å²) >= 11 is 0. The topological polar surface area (TPSA) is 98.7 Å². The molecule has 0 bridgehead atoms. The van der Waals surface area contributed by atoms with E-state index in [-0.39, 0.29) is 31.5 Å². The molecule has 0 aliphatic carbocycles. The second-order valence-corrected chi connectivity index (χ2v) is 5.29. The van der Waals surface area contributed by atoms with Crippen LogP contribution < -0.4 is 10.6 Å². The standard InChI is InChI=1S/C13H25N3O4/c1-9(2)7-14-11(17)8-15-13(20)16(10(3)4)6-5-12(18)19/h9-10H,5-8H2,1-4H3,(H,14,17)(H,15,20)(H,18,19). The summed E-state index contributed by atoms with van der Waals surface area (Å²) in [6, 6.07) is -0.561. The second kappa shape index (κ2) is 9.17. The summed E-state index contributed by atoms with van der Waals surface area (Å²) in [6.07, 6.45) is -0.120. The largest absolute Gasteiger partial charge is 0.481 e. The van der Waals surface area contributed by atoms with Crippen molar-refractivity contribution in [3.63, 3.8) is 0 Å². The van der Waals surface area contributed by atoms with Crippen molar-refractivity contribution in [3.05, 3.63) is 0 Å². The highest BCUT2D eigenvalue weighted by Gasteiger charge is 2.18. The number of nitrogens with zero attached hydrogens (tertiary/aromatic N) is 1. The number of carboxylic acid groups (broad SMARTS) is 1. The molecule has 3 N–H and O–H groups in total. The quantitative estimate of drug-likeness (QED) is 0.610. The molecular weight excluding hydrogens is 262 g/mol. The van der Waals surface area contributed by atoms with Gasteiger partial charge in [0, 0.05) is 19.1 Å². The fourth-order valence-electron chi connectivity index (χ4n) is 1.45. The maximum Gasteiger partial charge on any atom is 0.318 e. The van der Waals surface area contributed by atoms with Gasteiger partial charge in [-0.15, -0.1) is 0 Å². The Morgan fingerprint density at radius 3 is 2.15 bits per heavy atom. The molecule has 7 nitrogen and oxygen atoms in total. The Kier molecular flexibility index (Phi) is 8.35. The fraction of sp³-hybridized carbons (Fsp3) is 0.769. The van der Waals surface area contributed by atoms with Crippen LogP contribution in [0.15, 0.2) is 0 Å². The van der Waals surface area contributed by atoms with Crippen molar-refractivity contribution in [2.75, 3.05) is 19.6 Å². The summed E-state index contributed by atoms with van der Waals surface area (Å²) in [4.78, 5) is 35.3. The Morgan fingerprint density at radius 2 is 1.70 bits per heavy atom. The maximum atomic E-state index is 11.9. The molecule has 0 saturated heterocycles. The minimum Gasteiger partial charge on any atom is -0.481 e. The number of carboxylic acids is 1. The first-order chi connectivity index (χ1) is 9.23. The molecule has 0 aliphatic rings. The minimum absolute atomic E-state index is 0.109. The summed E-state index contributed by atoms with van der Waals surface area (Å²) in [5.74, 6) is -0.871. The van der Waals surface area contributed by atoms with Crippen molar-refractivity contribution in [3.8, 4) is 0 Å². The Morgan fingerprint density at radius 1 is 1.10 bits per heavy atom. The van der Waals surface area contributed by atoms with E-state index in [2.05, 4.69) is 10.6 Å². The lowest BCUT2D eigenvalue weighted by Crippen LogP contribution is -2.48. The normalized spacial score (nSPS) is 10.5. The van der Waals surface area contributed by atoms with Crippen LogP contribution >= 0.6 is 0 Å². The molecule has 0 aromatic heterocycles. The van der Waals surface area contributed by atoms with Gasteiger partial charge in [-0.05, 0) is 19.8 Å². The lowest BCUT2D eigenvalue weighted by molar-refractivity contribution is -0.137. The van der Waals surface area contributed by atoms with Crippen molar-refractivity contribution in [2.45, 2.75) is 40.2 Å². The van der Waals surface area contributed by atoms with E-state index in [4.69, 9.17) is 5.11 Å². The molecule has 0 aromatic rings. The van der Waals surface area contributed by atoms with Crippen molar-refractivity contribution < 1.29 is 19.5 Å². The van der Waals surface area contributed by atoms with Crippen LogP contribution in [-0.4, -0.2) is 53.6 Å². The maximum absolute atomic E-state index is 11.9. The van der Waals surface area contributed by atoms with Gasteiger partial charge in [0.2, 0.25) is 5.91 Å². The molecule has 20 heavy (non-hydrogen) atoms. The number of aliphatic carboxylic acids is 1. The van der Waals surface area contributed by atoms with Crippen LogP contribution in [0, 0.1) is 5.92 Å². The molecular formula is C13H25N3O4.